The van der Waals surface area contributed by atoms with Crippen LogP contribution in [0, 0.1) is 6.92 Å². The van der Waals surface area contributed by atoms with Gasteiger partial charge in [0, 0.05) is 12.6 Å². The fraction of sp³-hybridized carbons (Fsp3) is 0.625. The van der Waals surface area contributed by atoms with Crippen LogP contribution in [0.15, 0.2) is 24.3 Å². The highest BCUT2D eigenvalue weighted by molar-refractivity contribution is 5.26. The first-order valence-electron chi connectivity index (χ1n) is 7.24. The van der Waals surface area contributed by atoms with Gasteiger partial charge in [-0.15, -0.1) is 0 Å². The summed E-state index contributed by atoms with van der Waals surface area (Å²) in [4.78, 5) is 2.23. The molecule has 106 valence electrons. The molecule has 0 amide bonds. The maximum absolute atomic E-state index is 10.0. The smallest absolute Gasteiger partial charge is 0.119 e. The van der Waals surface area contributed by atoms with Gasteiger partial charge in [-0.05, 0) is 38.9 Å². The van der Waals surface area contributed by atoms with Crippen LogP contribution in [0.4, 0.5) is 0 Å². The molecule has 0 bridgehead atoms. The maximum atomic E-state index is 10.0. The number of benzene rings is 1. The van der Waals surface area contributed by atoms with Crippen LogP contribution >= 0.6 is 0 Å². The molecule has 1 saturated carbocycles. The largest absolute Gasteiger partial charge is 0.492 e. The van der Waals surface area contributed by atoms with E-state index in [1.165, 1.54) is 12.0 Å². The number of nitrogens with zero attached hydrogens (tertiary/aromatic N) is 1. The van der Waals surface area contributed by atoms with E-state index in [-0.39, 0.29) is 6.10 Å². The first kappa shape index (κ1) is 14.4. The molecule has 19 heavy (non-hydrogen) atoms. The van der Waals surface area contributed by atoms with E-state index in [1.807, 2.05) is 12.1 Å². The summed E-state index contributed by atoms with van der Waals surface area (Å²) in [5.74, 6) is 0.920. The van der Waals surface area contributed by atoms with Crippen molar-refractivity contribution in [3.8, 4) is 5.75 Å². The van der Waals surface area contributed by atoms with Gasteiger partial charge < -0.3 is 9.84 Å². The van der Waals surface area contributed by atoms with E-state index in [0.717, 1.165) is 31.6 Å². The molecule has 1 aromatic rings. The average molecular weight is 263 g/mol. The lowest BCUT2D eigenvalue weighted by Gasteiger charge is -2.35. The zero-order chi connectivity index (χ0) is 13.7. The highest BCUT2D eigenvalue weighted by atomic mass is 16.5. The number of aliphatic hydroxyl groups excluding tert-OH is 1. The second-order valence-electron chi connectivity index (χ2n) is 5.56. The summed E-state index contributed by atoms with van der Waals surface area (Å²) in [6.45, 7) is 3.60. The third-order valence-corrected chi connectivity index (χ3v) is 3.99. The standard InChI is InChI=1S/C16H25NO2/c1-13-7-9-14(10-8-13)19-12-11-17(2)15-5-3-4-6-16(15)18/h7-10,15-16,18H,3-6,11-12H2,1-2H3. The van der Waals surface area contributed by atoms with E-state index < -0.39 is 0 Å². The number of rotatable bonds is 5. The topological polar surface area (TPSA) is 32.7 Å². The third kappa shape index (κ3) is 4.22. The number of aliphatic hydroxyl groups is 1. The van der Waals surface area contributed by atoms with Crippen LogP contribution in [0.5, 0.6) is 5.75 Å². The molecule has 2 unspecified atom stereocenters. The Morgan fingerprint density at radius 3 is 2.58 bits per heavy atom. The fourth-order valence-corrected chi connectivity index (χ4v) is 2.71. The summed E-state index contributed by atoms with van der Waals surface area (Å²) in [5, 5.41) is 10.0. The van der Waals surface area contributed by atoms with Crippen molar-refractivity contribution in [1.82, 2.24) is 4.90 Å². The molecular weight excluding hydrogens is 238 g/mol. The molecule has 1 fully saturated rings. The van der Waals surface area contributed by atoms with Crippen LogP contribution in [0.3, 0.4) is 0 Å². The molecule has 1 aliphatic rings. The minimum atomic E-state index is -0.168. The van der Waals surface area contributed by atoms with E-state index in [2.05, 4.69) is 31.0 Å². The number of aryl methyl sites for hydroxylation is 1. The van der Waals surface area contributed by atoms with Crippen molar-refractivity contribution < 1.29 is 9.84 Å². The van der Waals surface area contributed by atoms with Crippen molar-refractivity contribution in [1.29, 1.82) is 0 Å². The predicted molar refractivity (Wildman–Crippen MR) is 77.6 cm³/mol. The zero-order valence-electron chi connectivity index (χ0n) is 12.0. The van der Waals surface area contributed by atoms with E-state index in [4.69, 9.17) is 4.74 Å². The van der Waals surface area contributed by atoms with E-state index in [0.29, 0.717) is 12.6 Å². The van der Waals surface area contributed by atoms with Gasteiger partial charge in [0.25, 0.3) is 0 Å². The molecule has 0 radical (unpaired) electrons. The van der Waals surface area contributed by atoms with Gasteiger partial charge >= 0.3 is 0 Å². The number of hydrogen-bond acceptors (Lipinski definition) is 3. The molecule has 0 spiro atoms. The summed E-state index contributed by atoms with van der Waals surface area (Å²) in [7, 11) is 2.08. The molecule has 3 nitrogen and oxygen atoms in total. The van der Waals surface area contributed by atoms with Crippen LogP contribution in [0.1, 0.15) is 31.2 Å². The molecular formula is C16H25NO2. The van der Waals surface area contributed by atoms with Crippen molar-refractivity contribution in [3.05, 3.63) is 29.8 Å². The molecule has 1 N–H and O–H groups in total. The summed E-state index contributed by atoms with van der Waals surface area (Å²) in [6.07, 6.45) is 4.25. The molecule has 1 aromatic carbocycles. The molecule has 2 atom stereocenters. The Morgan fingerprint density at radius 2 is 1.89 bits per heavy atom. The maximum Gasteiger partial charge on any atom is 0.119 e. The van der Waals surface area contributed by atoms with E-state index >= 15 is 0 Å². The number of ether oxygens (including phenoxy) is 1. The second-order valence-corrected chi connectivity index (χ2v) is 5.56. The Labute approximate surface area is 116 Å². The highest BCUT2D eigenvalue weighted by Gasteiger charge is 2.26. The minimum absolute atomic E-state index is 0.168. The Kier molecular flexibility index (Phi) is 5.23. The van der Waals surface area contributed by atoms with Crippen molar-refractivity contribution in [2.45, 2.75) is 44.8 Å². The number of likely N-dealkylation sites (N-methyl/N-ethyl adjacent to an activating group) is 1. The molecule has 0 aromatic heterocycles. The monoisotopic (exact) mass is 263 g/mol. The molecule has 0 aliphatic heterocycles. The summed E-state index contributed by atoms with van der Waals surface area (Å²) in [6, 6.07) is 8.43. The van der Waals surface area contributed by atoms with Crippen LogP contribution in [-0.4, -0.2) is 42.4 Å². The van der Waals surface area contributed by atoms with Gasteiger partial charge in [-0.2, -0.15) is 0 Å². The third-order valence-electron chi connectivity index (χ3n) is 3.99. The Balaban J connectivity index is 1.74. The van der Waals surface area contributed by atoms with Crippen LogP contribution < -0.4 is 4.74 Å². The summed E-state index contributed by atoms with van der Waals surface area (Å²) in [5.41, 5.74) is 1.25. The number of hydrogen-bond donors (Lipinski definition) is 1. The first-order chi connectivity index (χ1) is 9.16. The molecule has 2 rings (SSSR count). The van der Waals surface area contributed by atoms with Gasteiger partial charge in [0.2, 0.25) is 0 Å². The normalized spacial score (nSPS) is 23.6. The van der Waals surface area contributed by atoms with Crippen molar-refractivity contribution >= 4 is 0 Å². The van der Waals surface area contributed by atoms with Gasteiger partial charge in [0.1, 0.15) is 12.4 Å². The van der Waals surface area contributed by atoms with Crippen LogP contribution in [0.2, 0.25) is 0 Å². The van der Waals surface area contributed by atoms with E-state index in [1.54, 1.807) is 0 Å². The lowest BCUT2D eigenvalue weighted by atomic mass is 9.92. The predicted octanol–water partition coefficient (Wildman–Crippen LogP) is 2.61. The van der Waals surface area contributed by atoms with Gasteiger partial charge in [0.15, 0.2) is 0 Å². The minimum Gasteiger partial charge on any atom is -0.492 e. The highest BCUT2D eigenvalue weighted by Crippen LogP contribution is 2.22. The first-order valence-corrected chi connectivity index (χ1v) is 7.24. The van der Waals surface area contributed by atoms with Crippen molar-refractivity contribution in [2.75, 3.05) is 20.2 Å². The van der Waals surface area contributed by atoms with Crippen molar-refractivity contribution in [2.24, 2.45) is 0 Å². The molecule has 0 heterocycles. The summed E-state index contributed by atoms with van der Waals surface area (Å²) < 4.78 is 5.73. The lowest BCUT2D eigenvalue weighted by molar-refractivity contribution is 0.0272. The zero-order valence-corrected chi connectivity index (χ0v) is 12.0. The van der Waals surface area contributed by atoms with Crippen LogP contribution in [-0.2, 0) is 0 Å². The van der Waals surface area contributed by atoms with Crippen LogP contribution in [0.25, 0.3) is 0 Å². The Morgan fingerprint density at radius 1 is 1.21 bits per heavy atom. The Hall–Kier alpha value is -1.06. The molecule has 0 saturated heterocycles. The molecule has 1 aliphatic carbocycles. The van der Waals surface area contributed by atoms with Gasteiger partial charge in [0.05, 0.1) is 6.10 Å². The Bertz CT molecular complexity index is 377. The quantitative estimate of drug-likeness (QED) is 0.886. The molecule has 3 heteroatoms. The second kappa shape index (κ2) is 6.92. The van der Waals surface area contributed by atoms with Gasteiger partial charge in [-0.1, -0.05) is 30.5 Å². The average Bonchev–Trinajstić information content (AvgIpc) is 2.41. The van der Waals surface area contributed by atoms with Gasteiger partial charge in [-0.3, -0.25) is 4.90 Å². The van der Waals surface area contributed by atoms with Gasteiger partial charge in [-0.25, -0.2) is 0 Å². The van der Waals surface area contributed by atoms with E-state index in [9.17, 15) is 5.11 Å². The summed E-state index contributed by atoms with van der Waals surface area (Å²) >= 11 is 0. The SMILES string of the molecule is Cc1ccc(OCCN(C)C2CCCCC2O)cc1. The lowest BCUT2D eigenvalue weighted by Crippen LogP contribution is -2.44. The van der Waals surface area contributed by atoms with Crippen molar-refractivity contribution in [3.63, 3.8) is 0 Å². The fourth-order valence-electron chi connectivity index (χ4n) is 2.71.